The monoisotopic (exact) mass is 420 g/mol. The van der Waals surface area contributed by atoms with Crippen molar-refractivity contribution in [3.8, 4) is 11.1 Å². The van der Waals surface area contributed by atoms with Crippen molar-refractivity contribution in [1.82, 2.24) is 0 Å². The quantitative estimate of drug-likeness (QED) is 0.240. The second kappa shape index (κ2) is 12.7. The third kappa shape index (κ3) is 7.23. The molecule has 0 amide bonds. The highest BCUT2D eigenvalue weighted by Crippen LogP contribution is 2.36. The number of carbonyl (C=O) groups is 1. The summed E-state index contributed by atoms with van der Waals surface area (Å²) in [6, 6.07) is 17.6. The van der Waals surface area contributed by atoms with Crippen LogP contribution in [0.1, 0.15) is 102 Å². The lowest BCUT2D eigenvalue weighted by molar-refractivity contribution is -0.144. The number of ether oxygens (including phenoxy) is 1. The predicted octanol–water partition coefficient (Wildman–Crippen LogP) is 8.44. The van der Waals surface area contributed by atoms with E-state index in [1.807, 2.05) is 0 Å². The molecule has 31 heavy (non-hydrogen) atoms. The third-order valence-corrected chi connectivity index (χ3v) is 6.64. The number of aryl methyl sites for hydroxylation is 1. The molecule has 1 saturated heterocycles. The number of rotatable bonds is 13. The van der Waals surface area contributed by atoms with Crippen molar-refractivity contribution in [1.29, 1.82) is 0 Å². The number of carbonyl (C=O) groups excluding carboxylic acids is 1. The van der Waals surface area contributed by atoms with Crippen LogP contribution in [-0.4, -0.2) is 5.97 Å². The molecule has 0 bridgehead atoms. The van der Waals surface area contributed by atoms with Gasteiger partial charge in [-0.25, -0.2) is 0 Å². The Labute approximate surface area is 189 Å². The Kier molecular flexibility index (Phi) is 9.65. The first-order valence-electron chi connectivity index (χ1n) is 12.6. The van der Waals surface area contributed by atoms with Crippen molar-refractivity contribution in [2.75, 3.05) is 0 Å². The smallest absolute Gasteiger partial charge is 0.309 e. The molecule has 0 aliphatic carbocycles. The van der Waals surface area contributed by atoms with Crippen LogP contribution >= 0.6 is 0 Å². The lowest BCUT2D eigenvalue weighted by Crippen LogP contribution is -2.06. The molecule has 2 unspecified atom stereocenters. The highest BCUT2D eigenvalue weighted by atomic mass is 16.5. The summed E-state index contributed by atoms with van der Waals surface area (Å²) in [5, 5.41) is 0. The molecule has 0 saturated carbocycles. The van der Waals surface area contributed by atoms with Crippen LogP contribution in [0.3, 0.4) is 0 Å². The van der Waals surface area contributed by atoms with E-state index in [1.54, 1.807) is 0 Å². The van der Waals surface area contributed by atoms with Gasteiger partial charge in [-0.1, -0.05) is 114 Å². The van der Waals surface area contributed by atoms with Crippen molar-refractivity contribution in [3.05, 3.63) is 59.7 Å². The average molecular weight is 421 g/mol. The van der Waals surface area contributed by atoms with Crippen molar-refractivity contribution in [3.63, 3.8) is 0 Å². The number of unbranched alkanes of at least 4 members (excludes halogenated alkanes) is 7. The Balaban J connectivity index is 1.50. The molecule has 2 aromatic carbocycles. The van der Waals surface area contributed by atoms with Crippen LogP contribution in [0, 0.1) is 5.92 Å². The van der Waals surface area contributed by atoms with Crippen LogP contribution in [-0.2, 0) is 16.0 Å². The Morgan fingerprint density at radius 2 is 1.32 bits per heavy atom. The second-order valence-corrected chi connectivity index (χ2v) is 9.19. The van der Waals surface area contributed by atoms with Crippen molar-refractivity contribution < 1.29 is 9.53 Å². The molecular formula is C29H40O2. The highest BCUT2D eigenvalue weighted by Gasteiger charge is 2.34. The Morgan fingerprint density at radius 3 is 1.97 bits per heavy atom. The van der Waals surface area contributed by atoms with E-state index in [1.165, 1.54) is 74.5 Å². The fraction of sp³-hybridized carbons (Fsp3) is 0.552. The van der Waals surface area contributed by atoms with E-state index >= 15 is 0 Å². The van der Waals surface area contributed by atoms with Crippen molar-refractivity contribution >= 4 is 5.97 Å². The standard InChI is InChI=1S/C29H40O2/c1-3-5-7-9-11-13-27-22-28(31-29(27)30)26-20-18-25(19-21-26)24-16-14-23(15-17-24)12-10-8-6-4-2/h14-21,27-28H,3-13,22H2,1-2H3. The van der Waals surface area contributed by atoms with Gasteiger partial charge in [0.25, 0.3) is 0 Å². The summed E-state index contributed by atoms with van der Waals surface area (Å²) in [4.78, 5) is 12.3. The van der Waals surface area contributed by atoms with Crippen LogP contribution in [0.4, 0.5) is 0 Å². The lowest BCUT2D eigenvalue weighted by Gasteiger charge is -2.11. The fourth-order valence-electron chi connectivity index (χ4n) is 4.58. The van der Waals surface area contributed by atoms with E-state index in [-0.39, 0.29) is 18.0 Å². The number of cyclic esters (lactones) is 1. The molecule has 0 N–H and O–H groups in total. The summed E-state index contributed by atoms with van der Waals surface area (Å²) < 4.78 is 5.72. The van der Waals surface area contributed by atoms with Crippen molar-refractivity contribution in [2.45, 2.75) is 97.0 Å². The molecule has 3 rings (SSSR count). The maximum Gasteiger partial charge on any atom is 0.309 e. The van der Waals surface area contributed by atoms with Gasteiger partial charge in [0.15, 0.2) is 0 Å². The molecule has 1 fully saturated rings. The molecule has 2 atom stereocenters. The molecule has 0 aromatic heterocycles. The van der Waals surface area contributed by atoms with E-state index in [0.29, 0.717) is 0 Å². The van der Waals surface area contributed by atoms with Crippen LogP contribution in [0.5, 0.6) is 0 Å². The van der Waals surface area contributed by atoms with Gasteiger partial charge in [-0.15, -0.1) is 0 Å². The van der Waals surface area contributed by atoms with Crippen LogP contribution in [0.25, 0.3) is 11.1 Å². The molecule has 1 aliphatic rings. The van der Waals surface area contributed by atoms with Gasteiger partial charge in [0.1, 0.15) is 6.10 Å². The van der Waals surface area contributed by atoms with Crippen LogP contribution in [0.15, 0.2) is 48.5 Å². The van der Waals surface area contributed by atoms with Gasteiger partial charge in [0, 0.05) is 6.42 Å². The van der Waals surface area contributed by atoms with Gasteiger partial charge in [0.2, 0.25) is 0 Å². The SMILES string of the molecule is CCCCCCCC1CC(c2ccc(-c3ccc(CCCCCC)cc3)cc2)OC1=O. The van der Waals surface area contributed by atoms with E-state index in [4.69, 9.17) is 4.74 Å². The minimum absolute atomic E-state index is 0.000839. The molecule has 1 aliphatic heterocycles. The normalized spacial score (nSPS) is 18.3. The zero-order valence-electron chi connectivity index (χ0n) is 19.6. The minimum Gasteiger partial charge on any atom is -0.457 e. The summed E-state index contributed by atoms with van der Waals surface area (Å²) >= 11 is 0. The average Bonchev–Trinajstić information content (AvgIpc) is 3.17. The van der Waals surface area contributed by atoms with Gasteiger partial charge in [-0.2, -0.15) is 0 Å². The van der Waals surface area contributed by atoms with Crippen molar-refractivity contribution in [2.24, 2.45) is 5.92 Å². The number of benzene rings is 2. The first-order valence-corrected chi connectivity index (χ1v) is 12.6. The van der Waals surface area contributed by atoms with Gasteiger partial charge < -0.3 is 4.74 Å². The summed E-state index contributed by atoms with van der Waals surface area (Å²) in [6.07, 6.45) is 14.3. The molecule has 0 radical (unpaired) electrons. The Morgan fingerprint density at radius 1 is 0.742 bits per heavy atom. The third-order valence-electron chi connectivity index (χ3n) is 6.64. The highest BCUT2D eigenvalue weighted by molar-refractivity contribution is 5.75. The van der Waals surface area contributed by atoms with E-state index in [0.717, 1.165) is 24.8 Å². The topological polar surface area (TPSA) is 26.3 Å². The van der Waals surface area contributed by atoms with Crippen LogP contribution < -0.4 is 0 Å². The predicted molar refractivity (Wildman–Crippen MR) is 130 cm³/mol. The zero-order chi connectivity index (χ0) is 21.9. The summed E-state index contributed by atoms with van der Waals surface area (Å²) in [5.74, 6) is 0.0790. The molecule has 2 aromatic rings. The Bertz CT molecular complexity index is 775. The van der Waals surface area contributed by atoms with E-state index in [2.05, 4.69) is 62.4 Å². The second-order valence-electron chi connectivity index (χ2n) is 9.19. The first kappa shape index (κ1) is 23.6. The molecule has 2 heteroatoms. The number of hydrogen-bond donors (Lipinski definition) is 0. The van der Waals surface area contributed by atoms with Gasteiger partial charge in [-0.05, 0) is 41.5 Å². The van der Waals surface area contributed by atoms with Crippen LogP contribution in [0.2, 0.25) is 0 Å². The largest absolute Gasteiger partial charge is 0.457 e. The minimum atomic E-state index is -0.0762. The van der Waals surface area contributed by atoms with Gasteiger partial charge in [-0.3, -0.25) is 4.79 Å². The molecule has 0 spiro atoms. The molecule has 168 valence electrons. The van der Waals surface area contributed by atoms with Gasteiger partial charge in [0.05, 0.1) is 5.92 Å². The molecule has 2 nitrogen and oxygen atoms in total. The summed E-state index contributed by atoms with van der Waals surface area (Å²) in [7, 11) is 0. The number of hydrogen-bond acceptors (Lipinski definition) is 2. The Hall–Kier alpha value is -2.09. The maximum atomic E-state index is 12.3. The summed E-state index contributed by atoms with van der Waals surface area (Å²) in [5.41, 5.74) is 5.02. The molecular weight excluding hydrogens is 380 g/mol. The first-order chi connectivity index (χ1) is 15.2. The maximum absolute atomic E-state index is 12.3. The molecule has 1 heterocycles. The fourth-order valence-corrected chi connectivity index (χ4v) is 4.58. The van der Waals surface area contributed by atoms with E-state index in [9.17, 15) is 4.79 Å². The number of esters is 1. The summed E-state index contributed by atoms with van der Waals surface area (Å²) in [6.45, 7) is 4.49. The lowest BCUT2D eigenvalue weighted by atomic mass is 9.94. The van der Waals surface area contributed by atoms with E-state index < -0.39 is 0 Å². The zero-order valence-corrected chi connectivity index (χ0v) is 19.6. The van der Waals surface area contributed by atoms with Gasteiger partial charge >= 0.3 is 5.97 Å².